The normalized spacial score (nSPS) is 12.1. The lowest BCUT2D eigenvalue weighted by Crippen LogP contribution is -2.29. The second-order valence-electron chi connectivity index (χ2n) is 5.19. The number of hydrogen-bond donors (Lipinski definition) is 1. The van der Waals surface area contributed by atoms with E-state index in [1.165, 1.54) is 4.57 Å². The van der Waals surface area contributed by atoms with Crippen LogP contribution >= 0.6 is 0 Å². The molecule has 1 atom stereocenters. The molecule has 0 aliphatic rings. The first-order valence-electron chi connectivity index (χ1n) is 7.60. The van der Waals surface area contributed by atoms with Crippen LogP contribution in [0, 0.1) is 0 Å². The van der Waals surface area contributed by atoms with Gasteiger partial charge in [0.05, 0.1) is 6.61 Å². The number of rotatable bonds is 5. The van der Waals surface area contributed by atoms with Gasteiger partial charge in [-0.2, -0.15) is 0 Å². The second kappa shape index (κ2) is 6.57. The number of nitrogens with one attached hydrogen (secondary N) is 1. The topological polar surface area (TPSA) is 86.4 Å². The zero-order valence-corrected chi connectivity index (χ0v) is 13.4. The standard InChI is InChI=1S/C17H17N3O4/c1-3-23-13-8-6-12(7-9-13)19-16(21)11(2)20-15-14(24-17(20)22)5-4-10-18-15/h4-11H,3H2,1-2H3,(H,19,21). The van der Waals surface area contributed by atoms with Gasteiger partial charge in [0.15, 0.2) is 11.2 Å². The third-order valence-corrected chi connectivity index (χ3v) is 3.57. The van der Waals surface area contributed by atoms with Crippen LogP contribution in [0.25, 0.3) is 11.2 Å². The van der Waals surface area contributed by atoms with Crippen LogP contribution in [0.1, 0.15) is 19.9 Å². The molecule has 0 radical (unpaired) electrons. The lowest BCUT2D eigenvalue weighted by Gasteiger charge is -2.13. The number of fused-ring (bicyclic) bond motifs is 1. The molecule has 3 rings (SSSR count). The van der Waals surface area contributed by atoms with Crippen molar-refractivity contribution in [3.05, 3.63) is 53.1 Å². The van der Waals surface area contributed by atoms with E-state index in [9.17, 15) is 9.59 Å². The van der Waals surface area contributed by atoms with E-state index in [0.29, 0.717) is 23.5 Å². The van der Waals surface area contributed by atoms with Gasteiger partial charge in [-0.3, -0.25) is 4.79 Å². The molecule has 7 nitrogen and oxygen atoms in total. The summed E-state index contributed by atoms with van der Waals surface area (Å²) in [5, 5.41) is 2.77. The van der Waals surface area contributed by atoms with Gasteiger partial charge in [-0.05, 0) is 50.2 Å². The van der Waals surface area contributed by atoms with Crippen molar-refractivity contribution in [1.29, 1.82) is 0 Å². The molecule has 24 heavy (non-hydrogen) atoms. The Kier molecular flexibility index (Phi) is 4.33. The molecular formula is C17H17N3O4. The van der Waals surface area contributed by atoms with E-state index in [4.69, 9.17) is 9.15 Å². The molecule has 7 heteroatoms. The summed E-state index contributed by atoms with van der Waals surface area (Å²) in [6.45, 7) is 4.10. The van der Waals surface area contributed by atoms with Crippen LogP contribution in [0.5, 0.6) is 5.75 Å². The fraction of sp³-hybridized carbons (Fsp3) is 0.235. The van der Waals surface area contributed by atoms with E-state index in [-0.39, 0.29) is 5.91 Å². The number of ether oxygens (including phenoxy) is 1. The molecule has 0 aliphatic carbocycles. The molecule has 1 N–H and O–H groups in total. The van der Waals surface area contributed by atoms with Crippen LogP contribution < -0.4 is 15.8 Å². The second-order valence-corrected chi connectivity index (χ2v) is 5.19. The lowest BCUT2D eigenvalue weighted by molar-refractivity contribution is -0.118. The summed E-state index contributed by atoms with van der Waals surface area (Å²) in [7, 11) is 0. The quantitative estimate of drug-likeness (QED) is 0.778. The molecule has 1 unspecified atom stereocenters. The number of benzene rings is 1. The number of amides is 1. The van der Waals surface area contributed by atoms with Crippen LogP contribution in [-0.2, 0) is 4.79 Å². The van der Waals surface area contributed by atoms with Crippen molar-refractivity contribution in [1.82, 2.24) is 9.55 Å². The summed E-state index contributed by atoms with van der Waals surface area (Å²) < 4.78 is 11.7. The van der Waals surface area contributed by atoms with Gasteiger partial charge in [0, 0.05) is 11.9 Å². The molecule has 0 bridgehead atoms. The fourth-order valence-electron chi connectivity index (χ4n) is 2.38. The predicted octanol–water partition coefficient (Wildman–Crippen LogP) is 2.59. The SMILES string of the molecule is CCOc1ccc(NC(=O)C(C)n2c(=O)oc3cccnc32)cc1. The Labute approximate surface area is 137 Å². The first-order chi connectivity index (χ1) is 11.6. The van der Waals surface area contributed by atoms with Gasteiger partial charge >= 0.3 is 5.76 Å². The molecule has 0 saturated heterocycles. The Bertz CT molecular complexity index is 911. The van der Waals surface area contributed by atoms with Gasteiger partial charge in [-0.25, -0.2) is 14.3 Å². The minimum atomic E-state index is -0.764. The highest BCUT2D eigenvalue weighted by Gasteiger charge is 2.22. The average Bonchev–Trinajstić information content (AvgIpc) is 2.92. The van der Waals surface area contributed by atoms with E-state index < -0.39 is 11.8 Å². The molecule has 2 aromatic heterocycles. The highest BCUT2D eigenvalue weighted by Crippen LogP contribution is 2.19. The zero-order chi connectivity index (χ0) is 17.1. The molecule has 1 aromatic carbocycles. The number of aromatic nitrogens is 2. The molecule has 0 spiro atoms. The molecule has 3 aromatic rings. The summed E-state index contributed by atoms with van der Waals surface area (Å²) in [6.07, 6.45) is 1.55. The summed E-state index contributed by atoms with van der Waals surface area (Å²) in [6, 6.07) is 9.56. The minimum absolute atomic E-state index is 0.338. The van der Waals surface area contributed by atoms with Crippen molar-refractivity contribution < 1.29 is 13.9 Å². The Morgan fingerprint density at radius 3 is 2.79 bits per heavy atom. The van der Waals surface area contributed by atoms with Crippen molar-refractivity contribution in [2.24, 2.45) is 0 Å². The third-order valence-electron chi connectivity index (χ3n) is 3.57. The van der Waals surface area contributed by atoms with Crippen LogP contribution in [-0.4, -0.2) is 22.1 Å². The van der Waals surface area contributed by atoms with Crippen molar-refractivity contribution >= 4 is 22.8 Å². The van der Waals surface area contributed by atoms with E-state index in [0.717, 1.165) is 5.75 Å². The lowest BCUT2D eigenvalue weighted by atomic mass is 10.2. The highest BCUT2D eigenvalue weighted by molar-refractivity contribution is 5.94. The van der Waals surface area contributed by atoms with Crippen molar-refractivity contribution in [3.63, 3.8) is 0 Å². The first kappa shape index (κ1) is 15.8. The van der Waals surface area contributed by atoms with Crippen molar-refractivity contribution in [3.8, 4) is 5.75 Å². The highest BCUT2D eigenvalue weighted by atomic mass is 16.5. The number of carbonyl (C=O) groups excluding carboxylic acids is 1. The maximum atomic E-state index is 12.4. The number of nitrogens with zero attached hydrogens (tertiary/aromatic N) is 2. The molecule has 124 valence electrons. The average molecular weight is 327 g/mol. The van der Waals surface area contributed by atoms with Gasteiger partial charge in [0.2, 0.25) is 5.91 Å². The maximum Gasteiger partial charge on any atom is 0.421 e. The number of hydrogen-bond acceptors (Lipinski definition) is 5. The van der Waals surface area contributed by atoms with Crippen molar-refractivity contribution in [2.45, 2.75) is 19.9 Å². The van der Waals surface area contributed by atoms with E-state index >= 15 is 0 Å². The Hall–Kier alpha value is -3.09. The monoisotopic (exact) mass is 327 g/mol. The third kappa shape index (κ3) is 3.01. The molecule has 2 heterocycles. The maximum absolute atomic E-state index is 12.4. The molecule has 1 amide bonds. The van der Waals surface area contributed by atoms with Crippen LogP contribution in [0.3, 0.4) is 0 Å². The van der Waals surface area contributed by atoms with Gasteiger partial charge in [0.1, 0.15) is 11.8 Å². The molecular weight excluding hydrogens is 310 g/mol. The smallest absolute Gasteiger partial charge is 0.421 e. The summed E-state index contributed by atoms with van der Waals surface area (Å²) >= 11 is 0. The molecule has 0 saturated carbocycles. The van der Waals surface area contributed by atoms with E-state index in [1.807, 2.05) is 6.92 Å². The Morgan fingerprint density at radius 2 is 2.08 bits per heavy atom. The van der Waals surface area contributed by atoms with Crippen LogP contribution in [0.15, 0.2) is 51.8 Å². The summed E-state index contributed by atoms with van der Waals surface area (Å²) in [5.74, 6) is -0.225. The molecule has 0 fully saturated rings. The minimum Gasteiger partial charge on any atom is -0.494 e. The number of anilines is 1. The van der Waals surface area contributed by atoms with Gasteiger partial charge < -0.3 is 14.5 Å². The number of carbonyl (C=O) groups is 1. The summed E-state index contributed by atoms with van der Waals surface area (Å²) in [5.41, 5.74) is 1.31. The van der Waals surface area contributed by atoms with Crippen molar-refractivity contribution in [2.75, 3.05) is 11.9 Å². The molecule has 0 aliphatic heterocycles. The van der Waals surface area contributed by atoms with Gasteiger partial charge in [-0.15, -0.1) is 0 Å². The van der Waals surface area contributed by atoms with Gasteiger partial charge in [-0.1, -0.05) is 0 Å². The number of oxazole rings is 1. The van der Waals surface area contributed by atoms with E-state index in [2.05, 4.69) is 10.3 Å². The predicted molar refractivity (Wildman–Crippen MR) is 89.2 cm³/mol. The Balaban J connectivity index is 1.81. The van der Waals surface area contributed by atoms with Gasteiger partial charge in [0.25, 0.3) is 0 Å². The van der Waals surface area contributed by atoms with Crippen LogP contribution in [0.4, 0.5) is 5.69 Å². The van der Waals surface area contributed by atoms with E-state index in [1.54, 1.807) is 49.5 Å². The van der Waals surface area contributed by atoms with Crippen LogP contribution in [0.2, 0.25) is 0 Å². The zero-order valence-electron chi connectivity index (χ0n) is 13.4. The number of pyridine rings is 1. The largest absolute Gasteiger partial charge is 0.494 e. The summed E-state index contributed by atoms with van der Waals surface area (Å²) in [4.78, 5) is 28.6. The first-order valence-corrected chi connectivity index (χ1v) is 7.60. The fourth-order valence-corrected chi connectivity index (χ4v) is 2.38. The Morgan fingerprint density at radius 1 is 1.33 bits per heavy atom.